The average Bonchev–Trinajstić information content (AvgIpc) is 2.99. The summed E-state index contributed by atoms with van der Waals surface area (Å²) in [6.07, 6.45) is 5.28. The van der Waals surface area contributed by atoms with E-state index in [4.69, 9.17) is 4.74 Å². The lowest BCUT2D eigenvalue weighted by molar-refractivity contribution is 0.126. The van der Waals surface area contributed by atoms with E-state index < -0.39 is 0 Å². The highest BCUT2D eigenvalue weighted by Gasteiger charge is 2.20. The van der Waals surface area contributed by atoms with Crippen LogP contribution < -0.4 is 10.6 Å². The lowest BCUT2D eigenvalue weighted by Gasteiger charge is -2.05. The van der Waals surface area contributed by atoms with Crippen LogP contribution in [-0.2, 0) is 4.74 Å². The molecule has 3 heteroatoms. The summed E-state index contributed by atoms with van der Waals surface area (Å²) < 4.78 is 5.51. The quantitative estimate of drug-likeness (QED) is 0.516. The van der Waals surface area contributed by atoms with Gasteiger partial charge in [-0.3, -0.25) is 0 Å². The lowest BCUT2D eigenvalue weighted by atomic mass is 10.3. The summed E-state index contributed by atoms with van der Waals surface area (Å²) in [4.78, 5) is 0. The molecule has 0 aromatic heterocycles. The molecule has 0 unspecified atom stereocenters. The van der Waals surface area contributed by atoms with Crippen LogP contribution in [0.5, 0.6) is 0 Å². The molecule has 0 aromatic carbocycles. The molecule has 1 aliphatic rings. The van der Waals surface area contributed by atoms with Gasteiger partial charge >= 0.3 is 0 Å². The predicted octanol–water partition coefficient (Wildman–Crippen LogP) is 1.00. The van der Waals surface area contributed by atoms with Crippen molar-refractivity contribution in [2.75, 3.05) is 39.9 Å². The maximum absolute atomic E-state index is 5.51. The van der Waals surface area contributed by atoms with Crippen molar-refractivity contribution in [1.82, 2.24) is 10.6 Å². The van der Waals surface area contributed by atoms with Crippen molar-refractivity contribution < 1.29 is 4.74 Å². The minimum absolute atomic E-state index is 0.878. The second-order valence-electron chi connectivity index (χ2n) is 4.08. The van der Waals surface area contributed by atoms with Gasteiger partial charge in [0.2, 0.25) is 0 Å². The van der Waals surface area contributed by atoms with E-state index in [2.05, 4.69) is 10.6 Å². The Labute approximate surface area is 87.6 Å². The van der Waals surface area contributed by atoms with Crippen LogP contribution in [0.15, 0.2) is 0 Å². The molecule has 3 nitrogen and oxygen atoms in total. The largest absolute Gasteiger partial charge is 0.380 e. The first-order chi connectivity index (χ1) is 6.93. The van der Waals surface area contributed by atoms with E-state index in [0.717, 1.165) is 38.8 Å². The van der Waals surface area contributed by atoms with Gasteiger partial charge in [-0.25, -0.2) is 0 Å². The Morgan fingerprint density at radius 2 is 1.93 bits per heavy atom. The number of nitrogens with one attached hydrogen (secondary N) is 2. The number of rotatable bonds is 10. The SMILES string of the molecule is CNCCCCNCCOCC1CC1. The molecule has 0 bridgehead atoms. The zero-order valence-electron chi connectivity index (χ0n) is 9.35. The molecule has 0 spiro atoms. The Morgan fingerprint density at radius 1 is 1.14 bits per heavy atom. The van der Waals surface area contributed by atoms with Gasteiger partial charge in [0.1, 0.15) is 0 Å². The van der Waals surface area contributed by atoms with Crippen LogP contribution in [0.25, 0.3) is 0 Å². The molecule has 84 valence electrons. The van der Waals surface area contributed by atoms with Gasteiger partial charge < -0.3 is 15.4 Å². The fourth-order valence-electron chi connectivity index (χ4n) is 1.36. The van der Waals surface area contributed by atoms with Gasteiger partial charge in [-0.05, 0) is 51.7 Å². The molecule has 0 radical (unpaired) electrons. The fraction of sp³-hybridized carbons (Fsp3) is 1.00. The number of hydrogen-bond acceptors (Lipinski definition) is 3. The second-order valence-corrected chi connectivity index (χ2v) is 4.08. The first kappa shape index (κ1) is 12.0. The standard InChI is InChI=1S/C11H24N2O/c1-12-6-2-3-7-13-8-9-14-10-11-4-5-11/h11-13H,2-10H2,1H3. The van der Waals surface area contributed by atoms with E-state index >= 15 is 0 Å². The Morgan fingerprint density at radius 3 is 2.64 bits per heavy atom. The smallest absolute Gasteiger partial charge is 0.0591 e. The van der Waals surface area contributed by atoms with Crippen molar-refractivity contribution in [2.45, 2.75) is 25.7 Å². The van der Waals surface area contributed by atoms with Crippen LogP contribution in [0.1, 0.15) is 25.7 Å². The minimum atomic E-state index is 0.878. The molecule has 0 aromatic rings. The van der Waals surface area contributed by atoms with Crippen molar-refractivity contribution in [3.8, 4) is 0 Å². The normalized spacial score (nSPS) is 16.1. The molecule has 1 rings (SSSR count). The number of unbranched alkanes of at least 4 members (excludes halogenated alkanes) is 1. The molecule has 1 saturated carbocycles. The van der Waals surface area contributed by atoms with Gasteiger partial charge in [-0.1, -0.05) is 0 Å². The van der Waals surface area contributed by atoms with Gasteiger partial charge in [0, 0.05) is 13.2 Å². The molecule has 1 aliphatic carbocycles. The van der Waals surface area contributed by atoms with Crippen LogP contribution in [0.2, 0.25) is 0 Å². The third-order valence-corrected chi connectivity index (χ3v) is 2.50. The predicted molar refractivity (Wildman–Crippen MR) is 59.6 cm³/mol. The van der Waals surface area contributed by atoms with Crippen LogP contribution in [-0.4, -0.2) is 39.9 Å². The van der Waals surface area contributed by atoms with E-state index in [0.29, 0.717) is 0 Å². The van der Waals surface area contributed by atoms with Crippen molar-refractivity contribution in [1.29, 1.82) is 0 Å². The zero-order valence-corrected chi connectivity index (χ0v) is 9.35. The highest BCUT2D eigenvalue weighted by atomic mass is 16.5. The third kappa shape index (κ3) is 7.30. The van der Waals surface area contributed by atoms with Crippen LogP contribution in [0, 0.1) is 5.92 Å². The highest BCUT2D eigenvalue weighted by Crippen LogP contribution is 2.28. The Balaban J connectivity index is 1.63. The second kappa shape index (κ2) is 8.21. The number of ether oxygens (including phenoxy) is 1. The van der Waals surface area contributed by atoms with Gasteiger partial charge in [0.25, 0.3) is 0 Å². The summed E-state index contributed by atoms with van der Waals surface area (Å²) in [6, 6.07) is 0. The molecule has 0 amide bonds. The average molecular weight is 200 g/mol. The van der Waals surface area contributed by atoms with E-state index in [1.54, 1.807) is 0 Å². The molecule has 0 heterocycles. The van der Waals surface area contributed by atoms with Crippen molar-refractivity contribution in [2.24, 2.45) is 5.92 Å². The monoisotopic (exact) mass is 200 g/mol. The summed E-state index contributed by atoms with van der Waals surface area (Å²) in [7, 11) is 2.00. The highest BCUT2D eigenvalue weighted by molar-refractivity contribution is 4.71. The van der Waals surface area contributed by atoms with Gasteiger partial charge in [-0.15, -0.1) is 0 Å². The van der Waals surface area contributed by atoms with E-state index in [1.807, 2.05) is 7.05 Å². The summed E-state index contributed by atoms with van der Waals surface area (Å²) in [5.74, 6) is 0.894. The zero-order chi connectivity index (χ0) is 10.1. The summed E-state index contributed by atoms with van der Waals surface area (Å²) in [6.45, 7) is 5.12. The molecular formula is C11H24N2O. The molecule has 1 fully saturated rings. The molecular weight excluding hydrogens is 176 g/mol. The van der Waals surface area contributed by atoms with Gasteiger partial charge in [-0.2, -0.15) is 0 Å². The van der Waals surface area contributed by atoms with Gasteiger partial charge in [0.15, 0.2) is 0 Å². The van der Waals surface area contributed by atoms with E-state index in [1.165, 1.54) is 25.7 Å². The molecule has 0 aliphatic heterocycles. The molecule has 14 heavy (non-hydrogen) atoms. The summed E-state index contributed by atoms with van der Waals surface area (Å²) >= 11 is 0. The maximum atomic E-state index is 5.51. The van der Waals surface area contributed by atoms with E-state index in [-0.39, 0.29) is 0 Å². The van der Waals surface area contributed by atoms with Gasteiger partial charge in [0.05, 0.1) is 6.61 Å². The lowest BCUT2D eigenvalue weighted by Crippen LogP contribution is -2.22. The first-order valence-corrected chi connectivity index (χ1v) is 5.86. The third-order valence-electron chi connectivity index (χ3n) is 2.50. The van der Waals surface area contributed by atoms with Crippen molar-refractivity contribution in [3.63, 3.8) is 0 Å². The molecule has 2 N–H and O–H groups in total. The first-order valence-electron chi connectivity index (χ1n) is 5.86. The summed E-state index contributed by atoms with van der Waals surface area (Å²) in [5, 5.41) is 6.53. The maximum Gasteiger partial charge on any atom is 0.0591 e. The molecule has 0 saturated heterocycles. The summed E-state index contributed by atoms with van der Waals surface area (Å²) in [5.41, 5.74) is 0. The van der Waals surface area contributed by atoms with Crippen LogP contribution in [0.4, 0.5) is 0 Å². The van der Waals surface area contributed by atoms with Crippen molar-refractivity contribution >= 4 is 0 Å². The van der Waals surface area contributed by atoms with Crippen molar-refractivity contribution in [3.05, 3.63) is 0 Å². The van der Waals surface area contributed by atoms with Crippen LogP contribution in [0.3, 0.4) is 0 Å². The van der Waals surface area contributed by atoms with E-state index in [9.17, 15) is 0 Å². The Hall–Kier alpha value is -0.120. The number of hydrogen-bond donors (Lipinski definition) is 2. The molecule has 0 atom stereocenters. The Kier molecular flexibility index (Phi) is 7.01. The fourth-order valence-corrected chi connectivity index (χ4v) is 1.36. The van der Waals surface area contributed by atoms with Crippen LogP contribution >= 0.6 is 0 Å². The Bertz CT molecular complexity index is 126. The minimum Gasteiger partial charge on any atom is -0.380 e. The topological polar surface area (TPSA) is 33.3 Å².